The quantitative estimate of drug-likeness (QED) is 0.222. The highest BCUT2D eigenvalue weighted by molar-refractivity contribution is 6.09. The monoisotopic (exact) mass is 500 g/mol. The summed E-state index contributed by atoms with van der Waals surface area (Å²) in [5.41, 5.74) is 10.6. The van der Waals surface area contributed by atoms with E-state index >= 15 is 0 Å². The molecule has 2 aromatic heterocycles. The molecule has 0 bridgehead atoms. The van der Waals surface area contributed by atoms with Gasteiger partial charge in [0.25, 0.3) is 0 Å². The van der Waals surface area contributed by atoms with Crippen LogP contribution in [0.25, 0.3) is 67.4 Å². The summed E-state index contributed by atoms with van der Waals surface area (Å²) < 4.78 is 4.65. The lowest BCUT2D eigenvalue weighted by atomic mass is 10.0. The van der Waals surface area contributed by atoms with Gasteiger partial charge in [0.1, 0.15) is 0 Å². The molecule has 0 saturated heterocycles. The fourth-order valence-electron chi connectivity index (χ4n) is 5.91. The van der Waals surface area contributed by atoms with E-state index in [1.165, 1.54) is 55.1 Å². The Bertz CT molecular complexity index is 1960. The van der Waals surface area contributed by atoms with Gasteiger partial charge in [0.2, 0.25) is 0 Å². The molecule has 0 amide bonds. The summed E-state index contributed by atoms with van der Waals surface area (Å²) >= 11 is 0. The molecule has 7 aromatic rings. The van der Waals surface area contributed by atoms with Crippen LogP contribution in [0.5, 0.6) is 0 Å². The molecule has 0 atom stereocenters. The highest BCUT2D eigenvalue weighted by Crippen LogP contribution is 2.34. The molecule has 0 aliphatic heterocycles. The zero-order chi connectivity index (χ0) is 26.3. The molecule has 0 radical (unpaired) electrons. The van der Waals surface area contributed by atoms with Gasteiger partial charge in [-0.3, -0.25) is 0 Å². The summed E-state index contributed by atoms with van der Waals surface area (Å²) in [5, 5.41) is 3.79. The zero-order valence-corrected chi connectivity index (χ0v) is 21.9. The van der Waals surface area contributed by atoms with Gasteiger partial charge in [0.05, 0.1) is 22.2 Å². The molecule has 5 aromatic carbocycles. The normalized spacial score (nSPS) is 11.7. The van der Waals surface area contributed by atoms with Crippen LogP contribution in [-0.2, 0) is 0 Å². The number of hydrogen-bond acceptors (Lipinski definition) is 0. The SMILES string of the molecule is C=Cc1c(/C=C\C)c2ccccc2n1-c1ccc(-c2ccc(-n3c4ccccc4c4ccccc43)cc2)cc1. The minimum absolute atomic E-state index is 1.11. The van der Waals surface area contributed by atoms with Crippen molar-refractivity contribution in [2.45, 2.75) is 6.92 Å². The van der Waals surface area contributed by atoms with E-state index in [9.17, 15) is 0 Å². The lowest BCUT2D eigenvalue weighted by Gasteiger charge is -2.12. The van der Waals surface area contributed by atoms with Crippen molar-refractivity contribution < 1.29 is 0 Å². The van der Waals surface area contributed by atoms with E-state index in [0.717, 1.165) is 11.4 Å². The van der Waals surface area contributed by atoms with Gasteiger partial charge >= 0.3 is 0 Å². The molecule has 7 rings (SSSR count). The molecule has 2 nitrogen and oxygen atoms in total. The van der Waals surface area contributed by atoms with Gasteiger partial charge in [-0.1, -0.05) is 97.6 Å². The Hall–Kier alpha value is -5.08. The molecule has 0 aliphatic rings. The van der Waals surface area contributed by atoms with Crippen molar-refractivity contribution in [3.8, 4) is 22.5 Å². The smallest absolute Gasteiger partial charge is 0.0541 e. The second-order valence-corrected chi connectivity index (χ2v) is 9.82. The summed E-state index contributed by atoms with van der Waals surface area (Å²) in [6.07, 6.45) is 6.21. The number of rotatable bonds is 5. The number of aromatic nitrogens is 2. The van der Waals surface area contributed by atoms with Crippen molar-refractivity contribution in [3.05, 3.63) is 145 Å². The molecule has 0 unspecified atom stereocenters. The molecule has 2 heterocycles. The molecule has 2 heteroatoms. The van der Waals surface area contributed by atoms with Gasteiger partial charge in [-0.25, -0.2) is 0 Å². The molecule has 0 spiro atoms. The van der Waals surface area contributed by atoms with Crippen molar-refractivity contribution in [3.63, 3.8) is 0 Å². The number of para-hydroxylation sites is 3. The molecule has 0 aliphatic carbocycles. The summed E-state index contributed by atoms with van der Waals surface area (Å²) in [5.74, 6) is 0. The second kappa shape index (κ2) is 9.34. The molecule has 186 valence electrons. The Morgan fingerprint density at radius 3 is 1.44 bits per heavy atom. The number of benzene rings is 5. The molecule has 0 N–H and O–H groups in total. The van der Waals surface area contributed by atoms with Crippen LogP contribution in [0.2, 0.25) is 0 Å². The topological polar surface area (TPSA) is 9.86 Å². The first-order valence-corrected chi connectivity index (χ1v) is 13.4. The van der Waals surface area contributed by atoms with Crippen LogP contribution in [-0.4, -0.2) is 9.13 Å². The maximum Gasteiger partial charge on any atom is 0.0541 e. The van der Waals surface area contributed by atoms with E-state index in [1.54, 1.807) is 0 Å². The van der Waals surface area contributed by atoms with E-state index in [4.69, 9.17) is 0 Å². The average molecular weight is 501 g/mol. The van der Waals surface area contributed by atoms with Crippen LogP contribution < -0.4 is 0 Å². The highest BCUT2D eigenvalue weighted by atomic mass is 15.0. The predicted molar refractivity (Wildman–Crippen MR) is 168 cm³/mol. The molecule has 0 fully saturated rings. The van der Waals surface area contributed by atoms with Gasteiger partial charge in [0.15, 0.2) is 0 Å². The number of fused-ring (bicyclic) bond motifs is 4. The minimum Gasteiger partial charge on any atom is -0.309 e. The third kappa shape index (κ3) is 3.65. The Morgan fingerprint density at radius 2 is 0.949 bits per heavy atom. The fourth-order valence-corrected chi connectivity index (χ4v) is 5.91. The van der Waals surface area contributed by atoms with Gasteiger partial charge in [-0.05, 0) is 66.6 Å². The van der Waals surface area contributed by atoms with Crippen molar-refractivity contribution in [2.24, 2.45) is 0 Å². The Kier molecular flexibility index (Phi) is 5.53. The van der Waals surface area contributed by atoms with Crippen LogP contribution in [0.15, 0.2) is 134 Å². The highest BCUT2D eigenvalue weighted by Gasteiger charge is 2.15. The summed E-state index contributed by atoms with van der Waals surface area (Å²) in [4.78, 5) is 0. The third-order valence-electron chi connectivity index (χ3n) is 7.64. The van der Waals surface area contributed by atoms with E-state index in [0.29, 0.717) is 0 Å². The summed E-state index contributed by atoms with van der Waals surface area (Å²) in [7, 11) is 0. The summed E-state index contributed by atoms with van der Waals surface area (Å²) in [6, 6.07) is 43.5. The number of allylic oxidation sites excluding steroid dienone is 1. The summed E-state index contributed by atoms with van der Waals surface area (Å²) in [6.45, 7) is 6.19. The lowest BCUT2D eigenvalue weighted by Crippen LogP contribution is -1.97. The standard InChI is InChI=1S/C37H28N2/c1-3-11-30-31-12-5-8-15-35(31)38(34(30)4-2)28-22-18-26(19-23-28)27-20-24-29(25-21-27)39-36-16-9-6-13-32(36)33-14-7-10-17-37(33)39/h3-25H,2H2,1H3/b11-3-. The number of hydrogen-bond donors (Lipinski definition) is 0. The Morgan fingerprint density at radius 1 is 0.513 bits per heavy atom. The Labute approximate surface area is 228 Å². The molecular formula is C37H28N2. The zero-order valence-electron chi connectivity index (χ0n) is 21.9. The lowest BCUT2D eigenvalue weighted by molar-refractivity contribution is 1.11. The third-order valence-corrected chi connectivity index (χ3v) is 7.64. The van der Waals surface area contributed by atoms with Crippen molar-refractivity contribution in [1.29, 1.82) is 0 Å². The molecular weight excluding hydrogens is 472 g/mol. The fraction of sp³-hybridized carbons (Fsp3) is 0.0270. The average Bonchev–Trinajstić information content (AvgIpc) is 3.50. The van der Waals surface area contributed by atoms with E-state index < -0.39 is 0 Å². The first-order chi connectivity index (χ1) is 19.3. The van der Waals surface area contributed by atoms with E-state index in [-0.39, 0.29) is 0 Å². The molecule has 0 saturated carbocycles. The van der Waals surface area contributed by atoms with Gasteiger partial charge < -0.3 is 9.13 Å². The second-order valence-electron chi connectivity index (χ2n) is 9.82. The minimum atomic E-state index is 1.11. The van der Waals surface area contributed by atoms with Crippen LogP contribution in [0.1, 0.15) is 18.2 Å². The van der Waals surface area contributed by atoms with E-state index in [1.807, 2.05) is 6.08 Å². The predicted octanol–water partition coefficient (Wildman–Crippen LogP) is 10.1. The maximum absolute atomic E-state index is 4.13. The van der Waals surface area contributed by atoms with Crippen molar-refractivity contribution in [2.75, 3.05) is 0 Å². The largest absolute Gasteiger partial charge is 0.309 e. The van der Waals surface area contributed by atoms with Crippen molar-refractivity contribution >= 4 is 44.9 Å². The van der Waals surface area contributed by atoms with Crippen LogP contribution in [0.3, 0.4) is 0 Å². The van der Waals surface area contributed by atoms with Crippen molar-refractivity contribution in [1.82, 2.24) is 9.13 Å². The molecule has 39 heavy (non-hydrogen) atoms. The van der Waals surface area contributed by atoms with Crippen LogP contribution in [0.4, 0.5) is 0 Å². The van der Waals surface area contributed by atoms with Gasteiger partial charge in [-0.2, -0.15) is 0 Å². The van der Waals surface area contributed by atoms with Crippen LogP contribution >= 0.6 is 0 Å². The van der Waals surface area contributed by atoms with Gasteiger partial charge in [-0.15, -0.1) is 0 Å². The first kappa shape index (κ1) is 23.1. The van der Waals surface area contributed by atoms with Gasteiger partial charge in [0, 0.05) is 33.1 Å². The van der Waals surface area contributed by atoms with E-state index in [2.05, 4.69) is 156 Å². The first-order valence-electron chi connectivity index (χ1n) is 13.4. The van der Waals surface area contributed by atoms with Crippen LogP contribution in [0, 0.1) is 0 Å². The Balaban J connectivity index is 1.28. The maximum atomic E-state index is 4.13. The number of nitrogens with zero attached hydrogens (tertiary/aromatic N) is 2.